The van der Waals surface area contributed by atoms with E-state index in [1.807, 2.05) is 30.3 Å². The van der Waals surface area contributed by atoms with Crippen molar-refractivity contribution in [1.82, 2.24) is 10.6 Å². The number of hydrogen-bond donors (Lipinski definition) is 3. The molecule has 0 fully saturated rings. The zero-order valence-corrected chi connectivity index (χ0v) is 13.1. The van der Waals surface area contributed by atoms with E-state index in [1.165, 1.54) is 6.07 Å². The van der Waals surface area contributed by atoms with Gasteiger partial charge in [0.2, 0.25) is 0 Å². The number of benzene rings is 2. The number of aliphatic hydroxyl groups is 1. The first kappa shape index (κ1) is 17.0. The van der Waals surface area contributed by atoms with E-state index in [0.29, 0.717) is 18.5 Å². The third-order valence-electron chi connectivity index (χ3n) is 3.49. The van der Waals surface area contributed by atoms with Crippen LogP contribution in [0, 0.1) is 12.7 Å². The third kappa shape index (κ3) is 5.71. The lowest BCUT2D eigenvalue weighted by atomic mass is 10.1. The van der Waals surface area contributed by atoms with Gasteiger partial charge in [-0.05, 0) is 29.7 Å². The van der Waals surface area contributed by atoms with Crippen molar-refractivity contribution in [2.45, 2.75) is 26.0 Å². The normalized spacial score (nSPS) is 11.8. The van der Waals surface area contributed by atoms with Gasteiger partial charge >= 0.3 is 6.03 Å². The molecule has 0 saturated carbocycles. The van der Waals surface area contributed by atoms with Crippen LogP contribution >= 0.6 is 0 Å². The molecule has 0 heterocycles. The molecule has 2 amide bonds. The number of amides is 2. The molecule has 0 aliphatic heterocycles. The van der Waals surface area contributed by atoms with Gasteiger partial charge in [-0.3, -0.25) is 0 Å². The van der Waals surface area contributed by atoms with Crippen molar-refractivity contribution in [2.24, 2.45) is 0 Å². The lowest BCUT2D eigenvalue weighted by Gasteiger charge is -2.13. The molecular formula is C18H21FN2O2. The SMILES string of the molecule is Cc1cc(CNC(=O)NCC(O)Cc2ccccc2)ccc1F. The lowest BCUT2D eigenvalue weighted by Crippen LogP contribution is -2.40. The minimum absolute atomic E-state index is 0.170. The summed E-state index contributed by atoms with van der Waals surface area (Å²) >= 11 is 0. The van der Waals surface area contributed by atoms with Crippen molar-refractivity contribution in [2.75, 3.05) is 6.54 Å². The van der Waals surface area contributed by atoms with Crippen molar-refractivity contribution in [3.63, 3.8) is 0 Å². The summed E-state index contributed by atoms with van der Waals surface area (Å²) in [6, 6.07) is 13.9. The molecule has 5 heteroatoms. The largest absolute Gasteiger partial charge is 0.391 e. The predicted octanol–water partition coefficient (Wildman–Crippen LogP) is 2.54. The number of aliphatic hydroxyl groups excluding tert-OH is 1. The van der Waals surface area contributed by atoms with Crippen molar-refractivity contribution in [3.05, 3.63) is 71.0 Å². The smallest absolute Gasteiger partial charge is 0.315 e. The van der Waals surface area contributed by atoms with Gasteiger partial charge in [0.05, 0.1) is 6.10 Å². The molecule has 0 aliphatic rings. The predicted molar refractivity (Wildman–Crippen MR) is 87.5 cm³/mol. The average molecular weight is 316 g/mol. The van der Waals surface area contributed by atoms with E-state index in [4.69, 9.17) is 0 Å². The van der Waals surface area contributed by atoms with E-state index in [0.717, 1.165) is 11.1 Å². The number of urea groups is 1. The molecule has 1 unspecified atom stereocenters. The van der Waals surface area contributed by atoms with Crippen molar-refractivity contribution < 1.29 is 14.3 Å². The highest BCUT2D eigenvalue weighted by Crippen LogP contribution is 2.08. The molecule has 122 valence electrons. The lowest BCUT2D eigenvalue weighted by molar-refractivity contribution is 0.170. The fourth-order valence-corrected chi connectivity index (χ4v) is 2.23. The molecular weight excluding hydrogens is 295 g/mol. The number of carbonyl (C=O) groups excluding carboxylic acids is 1. The van der Waals surface area contributed by atoms with Gasteiger partial charge in [0, 0.05) is 19.5 Å². The molecule has 0 aromatic heterocycles. The standard InChI is InChI=1S/C18H21FN2O2/c1-13-9-15(7-8-17(13)19)11-20-18(23)21-12-16(22)10-14-5-3-2-4-6-14/h2-9,16,22H,10-12H2,1H3,(H2,20,21,23). The van der Waals surface area contributed by atoms with Gasteiger partial charge in [0.1, 0.15) is 5.82 Å². The Labute approximate surface area is 135 Å². The second-order valence-electron chi connectivity index (χ2n) is 5.49. The van der Waals surface area contributed by atoms with Crippen LogP contribution in [0.5, 0.6) is 0 Å². The average Bonchev–Trinajstić information content (AvgIpc) is 2.55. The molecule has 1 atom stereocenters. The van der Waals surface area contributed by atoms with Gasteiger partial charge in [-0.2, -0.15) is 0 Å². The molecule has 4 nitrogen and oxygen atoms in total. The number of aryl methyl sites for hydroxylation is 1. The maximum atomic E-state index is 13.2. The van der Waals surface area contributed by atoms with E-state index in [9.17, 15) is 14.3 Å². The Kier molecular flexibility index (Phi) is 6.11. The Bertz CT molecular complexity index is 647. The van der Waals surface area contributed by atoms with Gasteiger partial charge in [0.15, 0.2) is 0 Å². The van der Waals surface area contributed by atoms with Crippen molar-refractivity contribution in [1.29, 1.82) is 0 Å². The first-order valence-electron chi connectivity index (χ1n) is 7.53. The summed E-state index contributed by atoms with van der Waals surface area (Å²) in [6.45, 7) is 2.16. The number of hydrogen-bond acceptors (Lipinski definition) is 2. The Morgan fingerprint density at radius 2 is 1.87 bits per heavy atom. The van der Waals surface area contributed by atoms with Gasteiger partial charge in [0.25, 0.3) is 0 Å². The van der Waals surface area contributed by atoms with E-state index in [1.54, 1.807) is 19.1 Å². The fraction of sp³-hybridized carbons (Fsp3) is 0.278. The maximum absolute atomic E-state index is 13.2. The Morgan fingerprint density at radius 1 is 1.13 bits per heavy atom. The van der Waals surface area contributed by atoms with E-state index >= 15 is 0 Å². The Hall–Kier alpha value is -2.40. The van der Waals surface area contributed by atoms with Gasteiger partial charge in [-0.25, -0.2) is 9.18 Å². The van der Waals surface area contributed by atoms with Gasteiger partial charge in [-0.15, -0.1) is 0 Å². The van der Waals surface area contributed by atoms with E-state index in [2.05, 4.69) is 10.6 Å². The molecule has 0 aliphatic carbocycles. The number of halogens is 1. The van der Waals surface area contributed by atoms with Gasteiger partial charge in [-0.1, -0.05) is 42.5 Å². The fourth-order valence-electron chi connectivity index (χ4n) is 2.23. The first-order valence-corrected chi connectivity index (χ1v) is 7.53. The van der Waals surface area contributed by atoms with Crippen molar-refractivity contribution >= 4 is 6.03 Å². The molecule has 0 saturated heterocycles. The van der Waals surface area contributed by atoms with Crippen molar-refractivity contribution in [3.8, 4) is 0 Å². The maximum Gasteiger partial charge on any atom is 0.315 e. The first-order chi connectivity index (χ1) is 11.0. The van der Waals surface area contributed by atoms with Crippen LogP contribution in [0.15, 0.2) is 48.5 Å². The summed E-state index contributed by atoms with van der Waals surface area (Å²) in [4.78, 5) is 11.7. The highest BCUT2D eigenvalue weighted by Gasteiger charge is 2.08. The van der Waals surface area contributed by atoms with E-state index in [-0.39, 0.29) is 18.4 Å². The van der Waals surface area contributed by atoms with Crippen LogP contribution in [-0.4, -0.2) is 23.8 Å². The molecule has 23 heavy (non-hydrogen) atoms. The van der Waals surface area contributed by atoms with Crippen LogP contribution in [0.2, 0.25) is 0 Å². The second kappa shape index (κ2) is 8.29. The molecule has 0 spiro atoms. The van der Waals surface area contributed by atoms with Gasteiger partial charge < -0.3 is 15.7 Å². The molecule has 2 rings (SSSR count). The third-order valence-corrected chi connectivity index (χ3v) is 3.49. The van der Waals surface area contributed by atoms with Crippen LogP contribution in [0.4, 0.5) is 9.18 Å². The molecule has 0 bridgehead atoms. The minimum atomic E-state index is -0.642. The van der Waals surface area contributed by atoms with Crippen LogP contribution in [0.25, 0.3) is 0 Å². The number of rotatable bonds is 6. The molecule has 3 N–H and O–H groups in total. The van der Waals surface area contributed by atoms with Crippen LogP contribution < -0.4 is 10.6 Å². The second-order valence-corrected chi connectivity index (χ2v) is 5.49. The number of nitrogens with one attached hydrogen (secondary N) is 2. The van der Waals surface area contributed by atoms with E-state index < -0.39 is 6.10 Å². The zero-order valence-electron chi connectivity index (χ0n) is 13.1. The van der Waals surface area contributed by atoms with Crippen LogP contribution in [-0.2, 0) is 13.0 Å². The molecule has 0 radical (unpaired) electrons. The summed E-state index contributed by atoms with van der Waals surface area (Å²) in [5.41, 5.74) is 2.39. The highest BCUT2D eigenvalue weighted by atomic mass is 19.1. The monoisotopic (exact) mass is 316 g/mol. The van der Waals surface area contributed by atoms with Crippen LogP contribution in [0.1, 0.15) is 16.7 Å². The minimum Gasteiger partial charge on any atom is -0.391 e. The number of carbonyl (C=O) groups is 1. The summed E-state index contributed by atoms with van der Waals surface area (Å²) in [7, 11) is 0. The zero-order chi connectivity index (χ0) is 16.7. The quantitative estimate of drug-likeness (QED) is 0.767. The highest BCUT2D eigenvalue weighted by molar-refractivity contribution is 5.73. The Morgan fingerprint density at radius 3 is 2.57 bits per heavy atom. The van der Waals surface area contributed by atoms with Crippen LogP contribution in [0.3, 0.4) is 0 Å². The summed E-state index contributed by atoms with van der Waals surface area (Å²) in [5, 5.41) is 15.2. The summed E-state index contributed by atoms with van der Waals surface area (Å²) in [6.07, 6.45) is -0.158. The summed E-state index contributed by atoms with van der Waals surface area (Å²) < 4.78 is 13.2. The molecule has 2 aromatic carbocycles. The Balaban J connectivity index is 1.71. The molecule has 2 aromatic rings. The topological polar surface area (TPSA) is 61.4 Å². The summed E-state index contributed by atoms with van der Waals surface area (Å²) in [5.74, 6) is -0.262.